The first-order chi connectivity index (χ1) is 14.1. The van der Waals surface area contributed by atoms with Crippen molar-refractivity contribution in [2.75, 3.05) is 14.2 Å². The molecule has 1 aliphatic heterocycles. The Morgan fingerprint density at radius 3 is 1.86 bits per heavy atom. The van der Waals surface area contributed by atoms with Crippen LogP contribution >= 0.6 is 0 Å². The van der Waals surface area contributed by atoms with E-state index in [1.54, 1.807) is 0 Å². The highest BCUT2D eigenvalue weighted by Gasteiger charge is 2.50. The van der Waals surface area contributed by atoms with E-state index in [1.165, 1.54) is 14.2 Å². The Balaban J connectivity index is 1.79. The fourth-order valence-electron chi connectivity index (χ4n) is 3.29. The predicted octanol–water partition coefficient (Wildman–Crippen LogP) is 2.06. The second kappa shape index (κ2) is 10.5. The lowest BCUT2D eigenvalue weighted by Crippen LogP contribution is -2.62. The highest BCUT2D eigenvalue weighted by atomic mass is 16.7. The number of carbonyl (C=O) groups excluding carboxylic acids is 1. The maximum atomic E-state index is 12.2. The molecule has 0 bridgehead atoms. The van der Waals surface area contributed by atoms with Crippen molar-refractivity contribution in [2.45, 2.75) is 43.9 Å². The molecule has 1 saturated heterocycles. The summed E-state index contributed by atoms with van der Waals surface area (Å²) in [7, 11) is 2.71. The van der Waals surface area contributed by atoms with Crippen LogP contribution in [0.4, 0.5) is 0 Å². The number of aliphatic hydroxyl groups is 1. The molecule has 0 amide bonds. The first-order valence-corrected chi connectivity index (χ1v) is 9.39. The maximum Gasteiger partial charge on any atom is 0.337 e. The van der Waals surface area contributed by atoms with Crippen molar-refractivity contribution in [1.82, 2.24) is 0 Å². The van der Waals surface area contributed by atoms with Gasteiger partial charge in [0.15, 0.2) is 12.4 Å². The lowest BCUT2D eigenvalue weighted by atomic mass is 9.98. The molecule has 1 aliphatic rings. The van der Waals surface area contributed by atoms with Gasteiger partial charge in [0.2, 0.25) is 0 Å². The fourth-order valence-corrected chi connectivity index (χ4v) is 3.29. The zero-order valence-electron chi connectivity index (χ0n) is 16.5. The third-order valence-corrected chi connectivity index (χ3v) is 4.79. The summed E-state index contributed by atoms with van der Waals surface area (Å²) in [6, 6.07) is 19.1. The van der Waals surface area contributed by atoms with Gasteiger partial charge in [0.25, 0.3) is 0 Å². The minimum Gasteiger partial charge on any atom is -0.467 e. The van der Waals surface area contributed by atoms with Crippen LogP contribution < -0.4 is 0 Å². The van der Waals surface area contributed by atoms with E-state index in [1.807, 2.05) is 60.7 Å². The zero-order chi connectivity index (χ0) is 20.6. The number of aliphatic hydroxyl groups excluding tert-OH is 1. The molecule has 5 atom stereocenters. The van der Waals surface area contributed by atoms with E-state index in [2.05, 4.69) is 0 Å². The monoisotopic (exact) mass is 402 g/mol. The lowest BCUT2D eigenvalue weighted by Gasteiger charge is -2.42. The first-order valence-electron chi connectivity index (χ1n) is 9.39. The topological polar surface area (TPSA) is 83.5 Å². The second-order valence-electron chi connectivity index (χ2n) is 6.69. The minimum absolute atomic E-state index is 0.246. The Hall–Kier alpha value is -2.29. The highest BCUT2D eigenvalue weighted by Crippen LogP contribution is 2.29. The standard InChI is InChI=1S/C22H26O7/c1-25-17-18(27-13-15-9-5-3-6-10-15)19(22(24)29-20(17)21(23)26-2)28-14-16-11-7-4-8-12-16/h3-12,17-20,22,24H,13-14H2,1-2H3/t17-,18+,19-,20+,22-/m1/s1. The van der Waals surface area contributed by atoms with Crippen LogP contribution in [0.25, 0.3) is 0 Å². The summed E-state index contributed by atoms with van der Waals surface area (Å²) in [5, 5.41) is 10.6. The van der Waals surface area contributed by atoms with E-state index >= 15 is 0 Å². The van der Waals surface area contributed by atoms with E-state index in [9.17, 15) is 9.90 Å². The Morgan fingerprint density at radius 2 is 1.38 bits per heavy atom. The van der Waals surface area contributed by atoms with Crippen molar-refractivity contribution < 1.29 is 33.6 Å². The number of hydrogen-bond acceptors (Lipinski definition) is 7. The molecule has 7 nitrogen and oxygen atoms in total. The molecule has 2 aromatic carbocycles. The van der Waals surface area contributed by atoms with E-state index in [-0.39, 0.29) is 13.2 Å². The van der Waals surface area contributed by atoms with Crippen molar-refractivity contribution >= 4 is 5.97 Å². The SMILES string of the molecule is COC(=O)[C@H]1O[C@@H](O)[C@H](OCc2ccccc2)[C@@H](OCc2ccccc2)[C@H]1OC. The molecule has 1 N–H and O–H groups in total. The van der Waals surface area contributed by atoms with Gasteiger partial charge in [-0.2, -0.15) is 0 Å². The van der Waals surface area contributed by atoms with Gasteiger partial charge in [-0.15, -0.1) is 0 Å². The number of rotatable bonds is 8. The largest absolute Gasteiger partial charge is 0.467 e. The number of carbonyl (C=O) groups is 1. The molecule has 1 heterocycles. The molecule has 0 unspecified atom stereocenters. The maximum absolute atomic E-state index is 12.2. The van der Waals surface area contributed by atoms with Gasteiger partial charge in [0.05, 0.1) is 20.3 Å². The van der Waals surface area contributed by atoms with Gasteiger partial charge in [-0.1, -0.05) is 60.7 Å². The zero-order valence-corrected chi connectivity index (χ0v) is 16.5. The third-order valence-electron chi connectivity index (χ3n) is 4.79. The predicted molar refractivity (Wildman–Crippen MR) is 104 cm³/mol. The molecular weight excluding hydrogens is 376 g/mol. The molecule has 2 aromatic rings. The molecule has 0 spiro atoms. The lowest BCUT2D eigenvalue weighted by molar-refractivity contribution is -0.304. The number of hydrogen-bond donors (Lipinski definition) is 1. The van der Waals surface area contributed by atoms with Crippen molar-refractivity contribution in [1.29, 1.82) is 0 Å². The summed E-state index contributed by atoms with van der Waals surface area (Å²) < 4.78 is 27.8. The van der Waals surface area contributed by atoms with Crippen LogP contribution in [0, 0.1) is 0 Å². The van der Waals surface area contributed by atoms with Gasteiger partial charge >= 0.3 is 5.97 Å². The number of methoxy groups -OCH3 is 2. The van der Waals surface area contributed by atoms with E-state index in [0.717, 1.165) is 11.1 Å². The Kier molecular flexibility index (Phi) is 7.74. The average molecular weight is 402 g/mol. The molecule has 156 valence electrons. The molecule has 1 fully saturated rings. The van der Waals surface area contributed by atoms with Crippen molar-refractivity contribution in [3.63, 3.8) is 0 Å². The van der Waals surface area contributed by atoms with E-state index in [4.69, 9.17) is 23.7 Å². The van der Waals surface area contributed by atoms with Crippen molar-refractivity contribution in [3.8, 4) is 0 Å². The van der Waals surface area contributed by atoms with Crippen LogP contribution in [0.5, 0.6) is 0 Å². The minimum atomic E-state index is -1.38. The van der Waals surface area contributed by atoms with Gasteiger partial charge in [0.1, 0.15) is 18.3 Å². The number of esters is 1. The summed E-state index contributed by atoms with van der Waals surface area (Å²) in [6.07, 6.45) is -4.93. The molecule has 7 heteroatoms. The molecule has 3 rings (SSSR count). The summed E-state index contributed by atoms with van der Waals surface area (Å²) in [4.78, 5) is 12.2. The molecule has 0 saturated carbocycles. The van der Waals surface area contributed by atoms with Gasteiger partial charge < -0.3 is 28.8 Å². The summed E-state index contributed by atoms with van der Waals surface area (Å²) in [6.45, 7) is 0.508. The second-order valence-corrected chi connectivity index (χ2v) is 6.69. The summed E-state index contributed by atoms with van der Waals surface area (Å²) >= 11 is 0. The van der Waals surface area contributed by atoms with Gasteiger partial charge in [-0.05, 0) is 11.1 Å². The first kappa shape index (κ1) is 21.4. The molecule has 29 heavy (non-hydrogen) atoms. The molecule has 0 aromatic heterocycles. The molecule has 0 aliphatic carbocycles. The highest BCUT2D eigenvalue weighted by molar-refractivity contribution is 5.75. The summed E-state index contributed by atoms with van der Waals surface area (Å²) in [5.41, 5.74) is 1.88. The van der Waals surface area contributed by atoms with Crippen LogP contribution in [0.15, 0.2) is 60.7 Å². The van der Waals surface area contributed by atoms with Crippen LogP contribution in [-0.2, 0) is 41.7 Å². The Labute approximate surface area is 170 Å². The van der Waals surface area contributed by atoms with Crippen LogP contribution in [0.3, 0.4) is 0 Å². The van der Waals surface area contributed by atoms with Crippen LogP contribution in [0.2, 0.25) is 0 Å². The summed E-state index contributed by atoms with van der Waals surface area (Å²) in [5.74, 6) is -0.647. The smallest absolute Gasteiger partial charge is 0.337 e. The van der Waals surface area contributed by atoms with E-state index in [0.29, 0.717) is 0 Å². The van der Waals surface area contributed by atoms with Crippen LogP contribution in [0.1, 0.15) is 11.1 Å². The molecule has 0 radical (unpaired) electrons. The van der Waals surface area contributed by atoms with Gasteiger partial charge in [0, 0.05) is 7.11 Å². The van der Waals surface area contributed by atoms with E-state index < -0.39 is 36.7 Å². The average Bonchev–Trinajstić information content (AvgIpc) is 2.77. The normalized spacial score (nSPS) is 26.8. The van der Waals surface area contributed by atoms with Crippen LogP contribution in [-0.4, -0.2) is 56.0 Å². The molecular formula is C22H26O7. The van der Waals surface area contributed by atoms with Crippen molar-refractivity contribution in [3.05, 3.63) is 71.8 Å². The Bertz CT molecular complexity index is 752. The third kappa shape index (κ3) is 5.41. The Morgan fingerprint density at radius 1 is 0.862 bits per heavy atom. The number of ether oxygens (including phenoxy) is 5. The van der Waals surface area contributed by atoms with Crippen molar-refractivity contribution in [2.24, 2.45) is 0 Å². The quantitative estimate of drug-likeness (QED) is 0.677. The number of benzene rings is 2. The fraction of sp³-hybridized carbons (Fsp3) is 0.409. The van der Waals surface area contributed by atoms with Gasteiger partial charge in [-0.25, -0.2) is 4.79 Å². The van der Waals surface area contributed by atoms with Gasteiger partial charge in [-0.3, -0.25) is 0 Å².